The van der Waals surface area contributed by atoms with E-state index in [9.17, 15) is 0 Å². The number of allylic oxidation sites excluding steroid dienone is 2. The molecule has 0 aromatic heterocycles. The monoisotopic (exact) mass is 378 g/mol. The van der Waals surface area contributed by atoms with Crippen molar-refractivity contribution in [2.24, 2.45) is 11.3 Å². The molecule has 2 heteroatoms. The van der Waals surface area contributed by atoms with Gasteiger partial charge in [0, 0.05) is 25.8 Å². The van der Waals surface area contributed by atoms with Gasteiger partial charge in [0.1, 0.15) is 0 Å². The highest BCUT2D eigenvalue weighted by Gasteiger charge is 2.34. The fourth-order valence-corrected chi connectivity index (χ4v) is 5.24. The maximum atomic E-state index is 2.69. The maximum absolute atomic E-state index is 2.69. The molecule has 2 fully saturated rings. The number of rotatable bonds is 4. The van der Waals surface area contributed by atoms with Crippen LogP contribution >= 0.6 is 0 Å². The van der Waals surface area contributed by atoms with Crippen LogP contribution in [-0.4, -0.2) is 42.5 Å². The molecule has 1 unspecified atom stereocenters. The summed E-state index contributed by atoms with van der Waals surface area (Å²) < 4.78 is 0. The van der Waals surface area contributed by atoms with E-state index in [1.807, 2.05) is 0 Å². The molecule has 2 heterocycles. The molecule has 0 N–H and O–H groups in total. The SMILES string of the molecule is CC(C)(C)C1CC(CN2CCCC2)=C(c2ccccc2)/C(=C/N2CCCC2)C1. The van der Waals surface area contributed by atoms with E-state index in [1.165, 1.54) is 70.3 Å². The second-order valence-corrected chi connectivity index (χ2v) is 10.2. The minimum Gasteiger partial charge on any atom is -0.377 e. The van der Waals surface area contributed by atoms with E-state index in [-0.39, 0.29) is 0 Å². The van der Waals surface area contributed by atoms with Gasteiger partial charge in [0.15, 0.2) is 0 Å². The van der Waals surface area contributed by atoms with Gasteiger partial charge >= 0.3 is 0 Å². The fraction of sp³-hybridized carbons (Fsp3) is 0.615. The van der Waals surface area contributed by atoms with Gasteiger partial charge in [-0.05, 0) is 85.2 Å². The third-order valence-electron chi connectivity index (χ3n) is 7.01. The lowest BCUT2D eigenvalue weighted by atomic mass is 9.68. The lowest BCUT2D eigenvalue weighted by Crippen LogP contribution is -2.30. The summed E-state index contributed by atoms with van der Waals surface area (Å²) in [4.78, 5) is 5.27. The third-order valence-corrected chi connectivity index (χ3v) is 7.01. The Morgan fingerprint density at radius 3 is 2.18 bits per heavy atom. The van der Waals surface area contributed by atoms with E-state index in [1.54, 1.807) is 16.7 Å². The molecule has 2 aliphatic heterocycles. The Kier molecular flexibility index (Phi) is 5.96. The van der Waals surface area contributed by atoms with Crippen LogP contribution in [0, 0.1) is 11.3 Å². The zero-order valence-corrected chi connectivity index (χ0v) is 18.2. The van der Waals surface area contributed by atoms with Crippen molar-refractivity contribution in [3.05, 3.63) is 53.2 Å². The van der Waals surface area contributed by atoms with Crippen molar-refractivity contribution in [2.45, 2.75) is 59.3 Å². The fourth-order valence-electron chi connectivity index (χ4n) is 5.24. The molecule has 1 aromatic carbocycles. The summed E-state index contributed by atoms with van der Waals surface area (Å²) in [6.45, 7) is 13.5. The predicted octanol–water partition coefficient (Wildman–Crippen LogP) is 5.97. The Morgan fingerprint density at radius 1 is 0.893 bits per heavy atom. The zero-order valence-electron chi connectivity index (χ0n) is 18.2. The van der Waals surface area contributed by atoms with Crippen molar-refractivity contribution >= 4 is 5.57 Å². The van der Waals surface area contributed by atoms with Crippen LogP contribution in [-0.2, 0) is 0 Å². The van der Waals surface area contributed by atoms with Gasteiger partial charge in [-0.2, -0.15) is 0 Å². The van der Waals surface area contributed by atoms with Crippen LogP contribution in [0.25, 0.3) is 5.57 Å². The summed E-state index contributed by atoms with van der Waals surface area (Å²) in [7, 11) is 0. The van der Waals surface area contributed by atoms with Crippen molar-refractivity contribution in [1.29, 1.82) is 0 Å². The van der Waals surface area contributed by atoms with Gasteiger partial charge in [-0.3, -0.25) is 4.90 Å². The molecule has 152 valence electrons. The van der Waals surface area contributed by atoms with Gasteiger partial charge in [-0.25, -0.2) is 0 Å². The van der Waals surface area contributed by atoms with Crippen molar-refractivity contribution < 1.29 is 0 Å². The molecule has 0 radical (unpaired) electrons. The van der Waals surface area contributed by atoms with E-state index < -0.39 is 0 Å². The molecule has 0 bridgehead atoms. The van der Waals surface area contributed by atoms with Gasteiger partial charge in [0.25, 0.3) is 0 Å². The Hall–Kier alpha value is -1.54. The highest BCUT2D eigenvalue weighted by molar-refractivity contribution is 5.82. The van der Waals surface area contributed by atoms with Gasteiger partial charge < -0.3 is 4.90 Å². The predicted molar refractivity (Wildman–Crippen MR) is 120 cm³/mol. The summed E-state index contributed by atoms with van der Waals surface area (Å²) in [5.74, 6) is 0.728. The first-order chi connectivity index (χ1) is 13.5. The summed E-state index contributed by atoms with van der Waals surface area (Å²) in [6, 6.07) is 11.2. The van der Waals surface area contributed by atoms with Crippen LogP contribution in [0.2, 0.25) is 0 Å². The van der Waals surface area contributed by atoms with Crippen molar-refractivity contribution in [1.82, 2.24) is 9.80 Å². The minimum atomic E-state index is 0.350. The van der Waals surface area contributed by atoms with Gasteiger partial charge in [0.2, 0.25) is 0 Å². The van der Waals surface area contributed by atoms with Crippen LogP contribution < -0.4 is 0 Å². The van der Waals surface area contributed by atoms with Crippen molar-refractivity contribution in [3.8, 4) is 0 Å². The van der Waals surface area contributed by atoms with Gasteiger partial charge in [0.05, 0.1) is 0 Å². The molecule has 4 rings (SSSR count). The summed E-state index contributed by atoms with van der Waals surface area (Å²) in [6.07, 6.45) is 10.4. The van der Waals surface area contributed by atoms with Crippen LogP contribution in [0.3, 0.4) is 0 Å². The standard InChI is InChI=1S/C26H38N2/c1-26(2,3)24-17-22(19-27-13-7-8-14-27)25(21-11-5-4-6-12-21)23(18-24)20-28-15-9-10-16-28/h4-6,11-12,19,24H,7-10,13-18,20H2,1-3H3/b22-19+. The summed E-state index contributed by atoms with van der Waals surface area (Å²) in [5.41, 5.74) is 6.62. The van der Waals surface area contributed by atoms with Crippen molar-refractivity contribution in [3.63, 3.8) is 0 Å². The second kappa shape index (κ2) is 8.45. The van der Waals surface area contributed by atoms with E-state index in [2.05, 4.69) is 67.1 Å². The van der Waals surface area contributed by atoms with E-state index in [0.717, 1.165) is 12.5 Å². The molecule has 28 heavy (non-hydrogen) atoms. The Morgan fingerprint density at radius 2 is 1.54 bits per heavy atom. The largest absolute Gasteiger partial charge is 0.377 e. The molecule has 3 aliphatic rings. The molecule has 0 spiro atoms. The first kappa shape index (κ1) is 19.8. The molecule has 1 aliphatic carbocycles. The van der Waals surface area contributed by atoms with E-state index >= 15 is 0 Å². The minimum absolute atomic E-state index is 0.350. The van der Waals surface area contributed by atoms with Crippen LogP contribution in [0.1, 0.15) is 64.9 Å². The molecule has 0 amide bonds. The Balaban J connectivity index is 1.77. The average Bonchev–Trinajstić information content (AvgIpc) is 3.36. The highest BCUT2D eigenvalue weighted by atomic mass is 15.1. The lowest BCUT2D eigenvalue weighted by Gasteiger charge is -2.39. The van der Waals surface area contributed by atoms with E-state index in [4.69, 9.17) is 0 Å². The smallest absolute Gasteiger partial charge is 0.0202 e. The number of hydrogen-bond acceptors (Lipinski definition) is 2. The second-order valence-electron chi connectivity index (χ2n) is 10.2. The molecular formula is C26H38N2. The average molecular weight is 379 g/mol. The van der Waals surface area contributed by atoms with Crippen LogP contribution in [0.15, 0.2) is 47.7 Å². The summed E-state index contributed by atoms with van der Waals surface area (Å²) >= 11 is 0. The number of benzene rings is 1. The Bertz CT molecular complexity index is 711. The summed E-state index contributed by atoms with van der Waals surface area (Å²) in [5, 5.41) is 0. The lowest BCUT2D eigenvalue weighted by molar-refractivity contribution is 0.226. The van der Waals surface area contributed by atoms with E-state index in [0.29, 0.717) is 5.41 Å². The topological polar surface area (TPSA) is 6.48 Å². The molecule has 2 saturated heterocycles. The molecule has 1 atom stereocenters. The van der Waals surface area contributed by atoms with Crippen LogP contribution in [0.4, 0.5) is 0 Å². The van der Waals surface area contributed by atoms with Gasteiger partial charge in [-0.1, -0.05) is 51.1 Å². The molecule has 1 aromatic rings. The maximum Gasteiger partial charge on any atom is 0.0202 e. The highest BCUT2D eigenvalue weighted by Crippen LogP contribution is 2.46. The molecule has 0 saturated carbocycles. The Labute approximate surface area is 172 Å². The first-order valence-electron chi connectivity index (χ1n) is 11.5. The zero-order chi connectivity index (χ0) is 19.6. The number of hydrogen-bond donors (Lipinski definition) is 0. The quantitative estimate of drug-likeness (QED) is 0.636. The molecular weight excluding hydrogens is 340 g/mol. The number of nitrogens with zero attached hydrogens (tertiary/aromatic N) is 2. The normalized spacial score (nSPS) is 25.9. The van der Waals surface area contributed by atoms with Crippen molar-refractivity contribution in [2.75, 3.05) is 32.7 Å². The van der Waals surface area contributed by atoms with Crippen LogP contribution in [0.5, 0.6) is 0 Å². The third kappa shape index (κ3) is 4.54. The number of likely N-dealkylation sites (tertiary alicyclic amines) is 2. The van der Waals surface area contributed by atoms with Gasteiger partial charge in [-0.15, -0.1) is 0 Å². The molecule has 2 nitrogen and oxygen atoms in total. The first-order valence-corrected chi connectivity index (χ1v) is 11.5.